The lowest BCUT2D eigenvalue weighted by Crippen LogP contribution is -2.21. The number of hydrogen-bond acceptors (Lipinski definition) is 3. The van der Waals surface area contributed by atoms with Gasteiger partial charge in [-0.1, -0.05) is 36.4 Å². The fourth-order valence-corrected chi connectivity index (χ4v) is 3.08. The number of aromatic amines is 1. The zero-order valence-electron chi connectivity index (χ0n) is 11.3. The second kappa shape index (κ2) is 6.03. The Morgan fingerprint density at radius 2 is 2.05 bits per heavy atom. The number of rotatable bonds is 5. The fraction of sp³-hybridized carbons (Fsp3) is 0.188. The predicted molar refractivity (Wildman–Crippen MR) is 82.8 cm³/mol. The number of H-pyrrole nitrogens is 1. The van der Waals surface area contributed by atoms with Gasteiger partial charge in [-0.25, -0.2) is 0 Å². The summed E-state index contributed by atoms with van der Waals surface area (Å²) < 4.78 is 0. The molecule has 1 aromatic carbocycles. The van der Waals surface area contributed by atoms with E-state index in [-0.39, 0.29) is 6.04 Å². The molecular weight excluding hydrogens is 266 g/mol. The molecule has 2 heterocycles. The van der Waals surface area contributed by atoms with Gasteiger partial charge in [0.05, 0.1) is 12.2 Å². The third kappa shape index (κ3) is 2.81. The Hall–Kier alpha value is -1.91. The summed E-state index contributed by atoms with van der Waals surface area (Å²) in [5.41, 5.74) is 3.62. The lowest BCUT2D eigenvalue weighted by Gasteiger charge is -2.18. The summed E-state index contributed by atoms with van der Waals surface area (Å²) in [6.07, 6.45) is 1.89. The minimum absolute atomic E-state index is 0.227. The smallest absolute Gasteiger partial charge is 0.0673 e. The van der Waals surface area contributed by atoms with Crippen LogP contribution >= 0.6 is 11.3 Å². The summed E-state index contributed by atoms with van der Waals surface area (Å²) in [4.78, 5) is 1.33. The third-order valence-corrected chi connectivity index (χ3v) is 4.33. The molecule has 0 fully saturated rings. The molecule has 0 saturated carbocycles. The summed E-state index contributed by atoms with van der Waals surface area (Å²) in [6.45, 7) is 2.85. The maximum absolute atomic E-state index is 4.07. The number of nitrogens with zero attached hydrogens (tertiary/aromatic N) is 1. The molecule has 1 atom stereocenters. The highest BCUT2D eigenvalue weighted by Crippen LogP contribution is 2.26. The first-order valence-corrected chi connectivity index (χ1v) is 7.53. The van der Waals surface area contributed by atoms with Crippen LogP contribution in [0.15, 0.2) is 54.0 Å². The highest BCUT2D eigenvalue weighted by atomic mass is 32.1. The standard InChI is InChI=1S/C16H17N3S/c1-12-14(11-18-19-12)10-17-16(15-8-5-9-20-15)13-6-3-2-4-7-13/h2-9,11,16-17H,10H2,1H3,(H,18,19). The normalized spacial score (nSPS) is 12.4. The van der Waals surface area contributed by atoms with E-state index in [2.05, 4.69) is 63.4 Å². The van der Waals surface area contributed by atoms with Gasteiger partial charge < -0.3 is 5.32 Å². The number of aryl methyl sites for hydroxylation is 1. The van der Waals surface area contributed by atoms with Gasteiger partial charge >= 0.3 is 0 Å². The molecule has 0 spiro atoms. The monoisotopic (exact) mass is 283 g/mol. The van der Waals surface area contributed by atoms with Crippen LogP contribution in [0.4, 0.5) is 0 Å². The maximum Gasteiger partial charge on any atom is 0.0673 e. The summed E-state index contributed by atoms with van der Waals surface area (Å²) >= 11 is 1.78. The molecule has 3 rings (SSSR count). The SMILES string of the molecule is Cc1[nH]ncc1CNC(c1ccccc1)c1cccs1. The van der Waals surface area contributed by atoms with Crippen molar-refractivity contribution in [2.75, 3.05) is 0 Å². The largest absolute Gasteiger partial charge is 0.301 e. The van der Waals surface area contributed by atoms with Gasteiger partial charge in [0.15, 0.2) is 0 Å². The summed E-state index contributed by atoms with van der Waals surface area (Å²) in [5.74, 6) is 0. The van der Waals surface area contributed by atoms with Crippen LogP contribution in [0.3, 0.4) is 0 Å². The second-order valence-electron chi connectivity index (χ2n) is 4.76. The molecule has 3 nitrogen and oxygen atoms in total. The molecule has 1 unspecified atom stereocenters. The molecule has 2 N–H and O–H groups in total. The molecule has 0 aliphatic rings. The van der Waals surface area contributed by atoms with Crippen LogP contribution < -0.4 is 5.32 Å². The Kier molecular flexibility index (Phi) is 3.95. The molecule has 3 aromatic rings. The maximum atomic E-state index is 4.07. The van der Waals surface area contributed by atoms with Crippen molar-refractivity contribution in [3.8, 4) is 0 Å². The Balaban J connectivity index is 1.82. The van der Waals surface area contributed by atoms with Crippen LogP contribution in [0.2, 0.25) is 0 Å². The van der Waals surface area contributed by atoms with Crippen LogP contribution in [0.5, 0.6) is 0 Å². The zero-order valence-corrected chi connectivity index (χ0v) is 12.2. The van der Waals surface area contributed by atoms with E-state index in [4.69, 9.17) is 0 Å². The number of aromatic nitrogens is 2. The fourth-order valence-electron chi connectivity index (χ4n) is 2.25. The molecule has 20 heavy (non-hydrogen) atoms. The molecule has 0 radical (unpaired) electrons. The summed E-state index contributed by atoms with van der Waals surface area (Å²) in [5, 5.41) is 12.8. The molecule has 2 aromatic heterocycles. The first-order chi connectivity index (χ1) is 9.84. The van der Waals surface area contributed by atoms with Gasteiger partial charge in [-0.2, -0.15) is 5.10 Å². The van der Waals surface area contributed by atoms with Gasteiger partial charge in [-0.05, 0) is 23.9 Å². The van der Waals surface area contributed by atoms with Crippen LogP contribution in [0, 0.1) is 6.92 Å². The number of benzene rings is 1. The van der Waals surface area contributed by atoms with Crippen molar-refractivity contribution in [1.82, 2.24) is 15.5 Å². The lowest BCUT2D eigenvalue weighted by molar-refractivity contribution is 0.612. The van der Waals surface area contributed by atoms with E-state index in [1.165, 1.54) is 16.0 Å². The third-order valence-electron chi connectivity index (χ3n) is 3.39. The van der Waals surface area contributed by atoms with Gasteiger partial charge in [-0.3, -0.25) is 5.10 Å². The lowest BCUT2D eigenvalue weighted by atomic mass is 10.1. The van der Waals surface area contributed by atoms with Gasteiger partial charge in [-0.15, -0.1) is 11.3 Å². The molecule has 0 saturated heterocycles. The minimum Gasteiger partial charge on any atom is -0.301 e. The topological polar surface area (TPSA) is 40.7 Å². The van der Waals surface area contributed by atoms with Crippen molar-refractivity contribution in [2.24, 2.45) is 0 Å². The van der Waals surface area contributed by atoms with Gasteiger partial charge in [0.2, 0.25) is 0 Å². The highest BCUT2D eigenvalue weighted by molar-refractivity contribution is 7.10. The van der Waals surface area contributed by atoms with Crippen molar-refractivity contribution < 1.29 is 0 Å². The average Bonchev–Trinajstić information content (AvgIpc) is 3.13. The van der Waals surface area contributed by atoms with Gasteiger partial charge in [0.1, 0.15) is 0 Å². The number of thiophene rings is 1. The highest BCUT2D eigenvalue weighted by Gasteiger charge is 2.14. The molecular formula is C16H17N3S. The van der Waals surface area contributed by atoms with Crippen molar-refractivity contribution in [2.45, 2.75) is 19.5 Å². The van der Waals surface area contributed by atoms with E-state index in [0.29, 0.717) is 0 Å². The zero-order chi connectivity index (χ0) is 13.8. The van der Waals surface area contributed by atoms with Crippen LogP contribution in [-0.4, -0.2) is 10.2 Å². The van der Waals surface area contributed by atoms with Crippen LogP contribution in [0.1, 0.15) is 27.7 Å². The number of hydrogen-bond donors (Lipinski definition) is 2. The summed E-state index contributed by atoms with van der Waals surface area (Å²) in [7, 11) is 0. The van der Waals surface area contributed by atoms with Crippen molar-refractivity contribution in [1.29, 1.82) is 0 Å². The first kappa shape index (κ1) is 13.1. The van der Waals surface area contributed by atoms with Crippen LogP contribution in [0.25, 0.3) is 0 Å². The minimum atomic E-state index is 0.227. The van der Waals surface area contributed by atoms with E-state index in [1.807, 2.05) is 13.1 Å². The van der Waals surface area contributed by atoms with Gasteiger partial charge in [0.25, 0.3) is 0 Å². The van der Waals surface area contributed by atoms with Crippen molar-refractivity contribution >= 4 is 11.3 Å². The van der Waals surface area contributed by atoms with E-state index < -0.39 is 0 Å². The second-order valence-corrected chi connectivity index (χ2v) is 5.74. The molecule has 0 aliphatic heterocycles. The summed E-state index contributed by atoms with van der Waals surface area (Å²) in [6, 6.07) is 15.1. The van der Waals surface area contributed by atoms with E-state index >= 15 is 0 Å². The Morgan fingerprint density at radius 3 is 2.70 bits per heavy atom. The Bertz CT molecular complexity index is 643. The molecule has 0 aliphatic carbocycles. The predicted octanol–water partition coefficient (Wildman–Crippen LogP) is 3.66. The molecule has 102 valence electrons. The molecule has 0 bridgehead atoms. The van der Waals surface area contributed by atoms with Crippen molar-refractivity contribution in [3.05, 3.63) is 75.7 Å². The molecule has 0 amide bonds. The Morgan fingerprint density at radius 1 is 1.20 bits per heavy atom. The first-order valence-electron chi connectivity index (χ1n) is 6.65. The quantitative estimate of drug-likeness (QED) is 0.750. The number of nitrogens with one attached hydrogen (secondary N) is 2. The Labute approximate surface area is 122 Å². The van der Waals surface area contributed by atoms with E-state index in [1.54, 1.807) is 11.3 Å². The van der Waals surface area contributed by atoms with E-state index in [0.717, 1.165) is 12.2 Å². The van der Waals surface area contributed by atoms with Gasteiger partial charge in [0, 0.05) is 22.7 Å². The average molecular weight is 283 g/mol. The van der Waals surface area contributed by atoms with Crippen molar-refractivity contribution in [3.63, 3.8) is 0 Å². The van der Waals surface area contributed by atoms with Crippen LogP contribution in [-0.2, 0) is 6.54 Å². The van der Waals surface area contributed by atoms with E-state index in [9.17, 15) is 0 Å². The molecule has 4 heteroatoms.